The van der Waals surface area contributed by atoms with Crippen molar-refractivity contribution < 1.29 is 22.7 Å². The lowest BCUT2D eigenvalue weighted by Crippen LogP contribution is -2.39. The average molecular weight is 444 g/mol. The first-order valence-electron chi connectivity index (χ1n) is 10.0. The van der Waals surface area contributed by atoms with Gasteiger partial charge in [-0.15, -0.1) is 0 Å². The number of benzene rings is 2. The van der Waals surface area contributed by atoms with Crippen LogP contribution in [-0.4, -0.2) is 32.9 Å². The summed E-state index contributed by atoms with van der Waals surface area (Å²) in [6, 6.07) is 15.3. The van der Waals surface area contributed by atoms with Crippen LogP contribution in [0.3, 0.4) is 0 Å². The standard InChI is InChI=1S/C22H25N3O5S/c1-2-30-22(27)18-9-6-10-19(23-16-7-4-3-5-8-16)20(18)24-21(26)15-11-13-17(14-12-15)25-31(28)29/h3-5,7-8,11-14,19,23,31H,2,6,9-10H2,1H3,(H,24,26)(H,25,28,29). The van der Waals surface area contributed by atoms with Gasteiger partial charge in [-0.2, -0.15) is 0 Å². The van der Waals surface area contributed by atoms with Crippen molar-refractivity contribution in [1.82, 2.24) is 5.32 Å². The Bertz CT molecular complexity index is 1020. The molecule has 2 aromatic rings. The second kappa shape index (κ2) is 10.6. The molecule has 0 fully saturated rings. The Morgan fingerprint density at radius 1 is 1.03 bits per heavy atom. The van der Waals surface area contributed by atoms with Crippen molar-refractivity contribution in [3.05, 3.63) is 71.4 Å². The quantitative estimate of drug-likeness (QED) is 0.369. The molecular formula is C22H25N3O5S. The minimum absolute atomic E-state index is 0.247. The summed E-state index contributed by atoms with van der Waals surface area (Å²) in [6.07, 6.45) is 2.04. The van der Waals surface area contributed by atoms with Crippen LogP contribution in [0.15, 0.2) is 65.9 Å². The molecule has 3 rings (SSSR count). The SMILES string of the molecule is CCOC(=O)C1=C(NC(=O)c2ccc(N[SH](=O)=O)cc2)C(Nc2ccccc2)CCC1. The number of esters is 1. The lowest BCUT2D eigenvalue weighted by molar-refractivity contribution is -0.138. The van der Waals surface area contributed by atoms with Gasteiger partial charge in [0.1, 0.15) is 0 Å². The summed E-state index contributed by atoms with van der Waals surface area (Å²) in [5.41, 5.74) is 2.54. The Morgan fingerprint density at radius 2 is 1.74 bits per heavy atom. The zero-order valence-electron chi connectivity index (χ0n) is 17.1. The Kier molecular flexibility index (Phi) is 7.66. The molecular weight excluding hydrogens is 418 g/mol. The number of hydrogen-bond acceptors (Lipinski definition) is 6. The zero-order chi connectivity index (χ0) is 22.2. The molecule has 1 unspecified atom stereocenters. The lowest BCUT2D eigenvalue weighted by atomic mass is 9.91. The van der Waals surface area contributed by atoms with Crippen molar-refractivity contribution in [3.63, 3.8) is 0 Å². The van der Waals surface area contributed by atoms with Gasteiger partial charge in [-0.1, -0.05) is 18.2 Å². The number of carbonyl (C=O) groups is 2. The number of amides is 1. The van der Waals surface area contributed by atoms with Crippen LogP contribution in [0.4, 0.5) is 11.4 Å². The van der Waals surface area contributed by atoms with Gasteiger partial charge in [0.05, 0.1) is 23.9 Å². The van der Waals surface area contributed by atoms with E-state index in [4.69, 9.17) is 4.74 Å². The molecule has 1 amide bonds. The first-order chi connectivity index (χ1) is 15.0. The van der Waals surface area contributed by atoms with Crippen molar-refractivity contribution in [2.45, 2.75) is 32.2 Å². The topological polar surface area (TPSA) is 114 Å². The van der Waals surface area contributed by atoms with Crippen LogP contribution in [0.5, 0.6) is 0 Å². The number of thiol groups is 1. The molecule has 0 bridgehead atoms. The van der Waals surface area contributed by atoms with E-state index in [0.29, 0.717) is 28.9 Å². The molecule has 1 aliphatic carbocycles. The fourth-order valence-corrected chi connectivity index (χ4v) is 3.80. The third kappa shape index (κ3) is 6.08. The van der Waals surface area contributed by atoms with E-state index < -0.39 is 22.8 Å². The Balaban J connectivity index is 1.86. The monoisotopic (exact) mass is 443 g/mol. The summed E-state index contributed by atoms with van der Waals surface area (Å²) in [6.45, 7) is 1.99. The van der Waals surface area contributed by atoms with E-state index in [1.165, 1.54) is 24.3 Å². The molecule has 0 saturated heterocycles. The normalized spacial score (nSPS) is 16.0. The summed E-state index contributed by atoms with van der Waals surface area (Å²) >= 11 is 0. The second-order valence-electron chi connectivity index (χ2n) is 6.97. The van der Waals surface area contributed by atoms with E-state index in [9.17, 15) is 18.0 Å². The van der Waals surface area contributed by atoms with E-state index >= 15 is 0 Å². The number of rotatable bonds is 8. The van der Waals surface area contributed by atoms with Gasteiger partial charge in [-0.25, -0.2) is 13.2 Å². The van der Waals surface area contributed by atoms with Gasteiger partial charge in [0, 0.05) is 16.9 Å². The summed E-state index contributed by atoms with van der Waals surface area (Å²) < 4.78 is 29.0. The summed E-state index contributed by atoms with van der Waals surface area (Å²) in [5.74, 6) is -0.826. The van der Waals surface area contributed by atoms with Crippen molar-refractivity contribution in [3.8, 4) is 0 Å². The van der Waals surface area contributed by atoms with E-state index in [-0.39, 0.29) is 12.6 Å². The molecule has 0 spiro atoms. The van der Waals surface area contributed by atoms with Gasteiger partial charge < -0.3 is 15.4 Å². The van der Waals surface area contributed by atoms with Gasteiger partial charge >= 0.3 is 5.97 Å². The Labute approximate surface area is 182 Å². The van der Waals surface area contributed by atoms with Crippen LogP contribution >= 0.6 is 0 Å². The highest BCUT2D eigenvalue weighted by Gasteiger charge is 2.29. The molecule has 8 nitrogen and oxygen atoms in total. The van der Waals surface area contributed by atoms with Crippen LogP contribution in [-0.2, 0) is 20.4 Å². The van der Waals surface area contributed by atoms with Crippen LogP contribution in [0.2, 0.25) is 0 Å². The first kappa shape index (κ1) is 22.4. The Morgan fingerprint density at radius 3 is 2.39 bits per heavy atom. The highest BCUT2D eigenvalue weighted by molar-refractivity contribution is 7.73. The molecule has 3 N–H and O–H groups in total. The molecule has 0 radical (unpaired) electrons. The molecule has 164 valence electrons. The molecule has 0 aliphatic heterocycles. The number of anilines is 2. The van der Waals surface area contributed by atoms with Gasteiger partial charge in [0.25, 0.3) is 5.91 Å². The number of ether oxygens (including phenoxy) is 1. The van der Waals surface area contributed by atoms with Crippen molar-refractivity contribution >= 4 is 34.1 Å². The summed E-state index contributed by atoms with van der Waals surface area (Å²) in [7, 11) is -2.78. The van der Waals surface area contributed by atoms with Crippen LogP contribution in [0.25, 0.3) is 0 Å². The van der Waals surface area contributed by atoms with Crippen LogP contribution < -0.4 is 15.4 Å². The second-order valence-corrected chi connectivity index (χ2v) is 7.71. The van der Waals surface area contributed by atoms with E-state index in [1.54, 1.807) is 6.92 Å². The maximum Gasteiger partial charge on any atom is 0.335 e. The fraction of sp³-hybridized carbons (Fsp3) is 0.273. The lowest BCUT2D eigenvalue weighted by Gasteiger charge is -2.29. The number of hydrogen-bond donors (Lipinski definition) is 4. The third-order valence-electron chi connectivity index (χ3n) is 4.85. The largest absolute Gasteiger partial charge is 0.463 e. The number of carbonyl (C=O) groups excluding carboxylic acids is 2. The summed E-state index contributed by atoms with van der Waals surface area (Å²) in [5, 5.41) is 6.28. The number of nitrogens with one attached hydrogen (secondary N) is 3. The zero-order valence-corrected chi connectivity index (χ0v) is 18.0. The maximum atomic E-state index is 12.9. The molecule has 2 aromatic carbocycles. The molecule has 1 aliphatic rings. The predicted molar refractivity (Wildman–Crippen MR) is 119 cm³/mol. The van der Waals surface area contributed by atoms with Crippen LogP contribution in [0, 0.1) is 0 Å². The molecule has 1 atom stereocenters. The van der Waals surface area contributed by atoms with E-state index in [0.717, 1.165) is 18.5 Å². The van der Waals surface area contributed by atoms with Gasteiger partial charge in [-0.3, -0.25) is 9.52 Å². The summed E-state index contributed by atoms with van der Waals surface area (Å²) in [4.78, 5) is 25.5. The minimum atomic E-state index is -2.78. The van der Waals surface area contributed by atoms with Crippen molar-refractivity contribution in [1.29, 1.82) is 0 Å². The van der Waals surface area contributed by atoms with E-state index in [1.807, 2.05) is 30.3 Å². The smallest absolute Gasteiger partial charge is 0.335 e. The molecule has 0 heterocycles. The third-order valence-corrected chi connectivity index (χ3v) is 5.29. The van der Waals surface area contributed by atoms with Gasteiger partial charge in [0.15, 0.2) is 0 Å². The molecule has 0 aromatic heterocycles. The van der Waals surface area contributed by atoms with Crippen LogP contribution in [0.1, 0.15) is 36.5 Å². The molecule has 31 heavy (non-hydrogen) atoms. The maximum absolute atomic E-state index is 12.9. The van der Waals surface area contributed by atoms with Crippen molar-refractivity contribution in [2.75, 3.05) is 16.6 Å². The minimum Gasteiger partial charge on any atom is -0.463 e. The highest BCUT2D eigenvalue weighted by Crippen LogP contribution is 2.28. The fourth-order valence-electron chi connectivity index (χ4n) is 3.44. The highest BCUT2D eigenvalue weighted by atomic mass is 32.2. The first-order valence-corrected chi connectivity index (χ1v) is 11.2. The van der Waals surface area contributed by atoms with Gasteiger partial charge in [-0.05, 0) is 62.6 Å². The van der Waals surface area contributed by atoms with Crippen molar-refractivity contribution in [2.24, 2.45) is 0 Å². The Hall–Kier alpha value is -3.33. The predicted octanol–water partition coefficient (Wildman–Crippen LogP) is 2.84. The van der Waals surface area contributed by atoms with Gasteiger partial charge in [0.2, 0.25) is 10.9 Å². The van der Waals surface area contributed by atoms with E-state index in [2.05, 4.69) is 15.4 Å². The molecule has 0 saturated carbocycles. The number of para-hydroxylation sites is 1. The molecule has 9 heteroatoms. The average Bonchev–Trinajstić information content (AvgIpc) is 2.76.